The normalized spacial score (nSPS) is 17.1. The Labute approximate surface area is 197 Å². The maximum Gasteiger partial charge on any atom is 0.414 e. The topological polar surface area (TPSA) is 114 Å². The number of carbonyl (C=O) groups excluding carboxylic acids is 2. The van der Waals surface area contributed by atoms with Gasteiger partial charge < -0.3 is 4.74 Å². The van der Waals surface area contributed by atoms with Crippen LogP contribution in [0.25, 0.3) is 0 Å². The van der Waals surface area contributed by atoms with E-state index in [0.717, 1.165) is 16.8 Å². The van der Waals surface area contributed by atoms with Gasteiger partial charge in [0.05, 0.1) is 4.92 Å². The second-order valence-electron chi connectivity index (χ2n) is 7.08. The number of benzene rings is 3. The Morgan fingerprint density at radius 3 is 2.32 bits per heavy atom. The van der Waals surface area contributed by atoms with Crippen molar-refractivity contribution in [2.24, 2.45) is 5.10 Å². The van der Waals surface area contributed by atoms with Crippen molar-refractivity contribution in [3.63, 3.8) is 0 Å². The summed E-state index contributed by atoms with van der Waals surface area (Å²) in [6, 6.07) is 19.6. The van der Waals surface area contributed by atoms with E-state index in [1.807, 2.05) is 0 Å². The maximum absolute atomic E-state index is 14.5. The van der Waals surface area contributed by atoms with Crippen molar-refractivity contribution in [3.05, 3.63) is 106 Å². The van der Waals surface area contributed by atoms with Crippen LogP contribution in [0.5, 0.6) is 0 Å². The molecule has 11 heteroatoms. The highest BCUT2D eigenvalue weighted by Gasteiger charge is 2.52. The van der Waals surface area contributed by atoms with Crippen LogP contribution in [-0.2, 0) is 14.6 Å². The predicted molar refractivity (Wildman–Crippen MR) is 124 cm³/mol. The van der Waals surface area contributed by atoms with Gasteiger partial charge in [0.2, 0.25) is 5.91 Å². The Kier molecular flexibility index (Phi) is 6.28. The van der Waals surface area contributed by atoms with Gasteiger partial charge in [0.25, 0.3) is 10.7 Å². The molecule has 172 valence electrons. The number of amides is 2. The summed E-state index contributed by atoms with van der Waals surface area (Å²) >= 11 is 0.903. The lowest BCUT2D eigenvalue weighted by molar-refractivity contribution is -0.384. The number of carbonyl (C=O) groups is 2. The van der Waals surface area contributed by atoms with E-state index in [4.69, 9.17) is 4.74 Å². The molecule has 0 fully saturated rings. The first-order valence-corrected chi connectivity index (χ1v) is 10.7. The van der Waals surface area contributed by atoms with Gasteiger partial charge in [-0.15, -0.1) is 0 Å². The SMILES string of the molecule is CC(=O)N1N=C(c2ccccc2F)SC1(OC(=O)Nc1ccc([N+](=O)[O-])cc1)c1ccccc1. The lowest BCUT2D eigenvalue weighted by Crippen LogP contribution is -2.44. The molecule has 0 saturated carbocycles. The Morgan fingerprint density at radius 1 is 1.06 bits per heavy atom. The highest BCUT2D eigenvalue weighted by Crippen LogP contribution is 2.48. The molecule has 0 aromatic heterocycles. The fourth-order valence-electron chi connectivity index (χ4n) is 3.26. The molecule has 3 aromatic carbocycles. The number of ether oxygens (including phenoxy) is 1. The lowest BCUT2D eigenvalue weighted by atomic mass is 10.2. The van der Waals surface area contributed by atoms with Gasteiger partial charge in [0, 0.05) is 35.9 Å². The van der Waals surface area contributed by atoms with Crippen LogP contribution in [0.2, 0.25) is 0 Å². The first-order chi connectivity index (χ1) is 16.3. The molecule has 1 aliphatic heterocycles. The average molecular weight is 480 g/mol. The summed E-state index contributed by atoms with van der Waals surface area (Å²) in [6.07, 6.45) is -0.943. The van der Waals surface area contributed by atoms with Crippen LogP contribution < -0.4 is 5.32 Å². The fourth-order valence-corrected chi connectivity index (χ4v) is 4.55. The molecule has 34 heavy (non-hydrogen) atoms. The highest BCUT2D eigenvalue weighted by atomic mass is 32.2. The van der Waals surface area contributed by atoms with E-state index in [-0.39, 0.29) is 22.0 Å². The van der Waals surface area contributed by atoms with Crippen molar-refractivity contribution < 1.29 is 23.6 Å². The summed E-state index contributed by atoms with van der Waals surface area (Å²) in [5.41, 5.74) is 0.670. The summed E-state index contributed by atoms with van der Waals surface area (Å²) < 4.78 is 20.3. The van der Waals surface area contributed by atoms with Crippen molar-refractivity contribution in [2.75, 3.05) is 5.32 Å². The largest absolute Gasteiger partial charge is 0.414 e. The molecular weight excluding hydrogens is 463 g/mol. The van der Waals surface area contributed by atoms with Crippen molar-refractivity contribution in [1.82, 2.24) is 5.01 Å². The number of hydrazone groups is 1. The second kappa shape index (κ2) is 9.32. The van der Waals surface area contributed by atoms with Gasteiger partial charge in [-0.05, 0) is 36.0 Å². The van der Waals surface area contributed by atoms with E-state index in [0.29, 0.717) is 5.56 Å². The number of thioether (sulfide) groups is 1. The van der Waals surface area contributed by atoms with Gasteiger partial charge in [-0.25, -0.2) is 9.18 Å². The predicted octanol–water partition coefficient (Wildman–Crippen LogP) is 5.05. The highest BCUT2D eigenvalue weighted by molar-refractivity contribution is 8.15. The number of hydrogen-bond acceptors (Lipinski definition) is 7. The smallest absolute Gasteiger partial charge is 0.406 e. The summed E-state index contributed by atoms with van der Waals surface area (Å²) in [5, 5.41) is 17.0. The third kappa shape index (κ3) is 4.46. The van der Waals surface area contributed by atoms with Crippen LogP contribution in [0, 0.1) is 15.9 Å². The van der Waals surface area contributed by atoms with E-state index in [2.05, 4.69) is 10.4 Å². The fraction of sp³-hybridized carbons (Fsp3) is 0.0870. The van der Waals surface area contributed by atoms with Crippen molar-refractivity contribution >= 4 is 40.2 Å². The zero-order valence-electron chi connectivity index (χ0n) is 17.7. The third-order valence-electron chi connectivity index (χ3n) is 4.80. The standard InChI is InChI=1S/C23H17FN4O5S/c1-15(29)27-23(16-7-3-2-4-8-16,34-21(26-27)19-9-5-6-10-20(19)24)33-22(30)25-17-11-13-18(14-12-17)28(31)32/h2-14H,1H3,(H,25,30). The zero-order chi connectivity index (χ0) is 24.3. The summed E-state index contributed by atoms with van der Waals surface area (Å²) in [4.78, 5) is 35.8. The molecule has 1 atom stereocenters. The molecule has 0 aliphatic carbocycles. The quantitative estimate of drug-likeness (QED) is 0.404. The number of hydrogen-bond donors (Lipinski definition) is 1. The Morgan fingerprint density at radius 2 is 1.71 bits per heavy atom. The van der Waals surface area contributed by atoms with E-state index in [9.17, 15) is 24.1 Å². The second-order valence-corrected chi connectivity index (χ2v) is 8.23. The van der Waals surface area contributed by atoms with Crippen LogP contribution in [0.1, 0.15) is 18.1 Å². The van der Waals surface area contributed by atoms with E-state index in [1.54, 1.807) is 36.4 Å². The van der Waals surface area contributed by atoms with Crippen LogP contribution >= 0.6 is 11.8 Å². The number of rotatable bonds is 5. The number of halogens is 1. The number of nitrogens with zero attached hydrogens (tertiary/aromatic N) is 3. The first kappa shape index (κ1) is 22.9. The molecule has 4 rings (SSSR count). The summed E-state index contributed by atoms with van der Waals surface area (Å²) in [6.45, 7) is 1.25. The van der Waals surface area contributed by atoms with Gasteiger partial charge in [-0.3, -0.25) is 20.2 Å². The third-order valence-corrected chi connectivity index (χ3v) is 6.06. The molecule has 0 saturated heterocycles. The van der Waals surface area contributed by atoms with Crippen molar-refractivity contribution in [2.45, 2.75) is 12.0 Å². The van der Waals surface area contributed by atoms with Gasteiger partial charge in [-0.1, -0.05) is 42.5 Å². The van der Waals surface area contributed by atoms with Crippen LogP contribution in [0.4, 0.5) is 20.6 Å². The van der Waals surface area contributed by atoms with E-state index in [1.165, 1.54) is 49.4 Å². The molecule has 1 N–H and O–H groups in total. The minimum absolute atomic E-state index is 0.142. The Bertz CT molecular complexity index is 1290. The molecule has 1 unspecified atom stereocenters. The van der Waals surface area contributed by atoms with Crippen LogP contribution in [-0.4, -0.2) is 27.0 Å². The minimum atomic E-state index is -1.75. The zero-order valence-corrected chi connectivity index (χ0v) is 18.5. The first-order valence-electron chi connectivity index (χ1n) is 9.93. The molecule has 1 aliphatic rings. The van der Waals surface area contributed by atoms with E-state index >= 15 is 0 Å². The molecule has 2 amide bonds. The number of non-ortho nitro benzene ring substituents is 1. The number of anilines is 1. The van der Waals surface area contributed by atoms with Gasteiger partial charge >= 0.3 is 6.09 Å². The Hall–Kier alpha value is -4.25. The number of nitro benzene ring substituents is 1. The lowest BCUT2D eigenvalue weighted by Gasteiger charge is -2.34. The molecule has 0 spiro atoms. The van der Waals surface area contributed by atoms with Gasteiger partial charge in [0.15, 0.2) is 0 Å². The average Bonchev–Trinajstić information content (AvgIpc) is 3.20. The van der Waals surface area contributed by atoms with Crippen LogP contribution in [0.15, 0.2) is 84.0 Å². The monoisotopic (exact) mass is 480 g/mol. The minimum Gasteiger partial charge on any atom is -0.406 e. The van der Waals surface area contributed by atoms with E-state index < -0.39 is 27.8 Å². The van der Waals surface area contributed by atoms with Crippen molar-refractivity contribution in [1.29, 1.82) is 0 Å². The summed E-state index contributed by atoms with van der Waals surface area (Å²) in [7, 11) is 0. The number of nitro groups is 1. The summed E-state index contributed by atoms with van der Waals surface area (Å²) in [5.74, 6) is -1.08. The number of nitrogens with one attached hydrogen (secondary N) is 1. The van der Waals surface area contributed by atoms with Gasteiger partial charge in [0.1, 0.15) is 10.9 Å². The molecular formula is C23H17FN4O5S. The molecule has 3 aromatic rings. The molecule has 1 heterocycles. The maximum atomic E-state index is 14.5. The van der Waals surface area contributed by atoms with Crippen LogP contribution in [0.3, 0.4) is 0 Å². The molecule has 0 bridgehead atoms. The molecule has 9 nitrogen and oxygen atoms in total. The van der Waals surface area contributed by atoms with Gasteiger partial charge in [-0.2, -0.15) is 10.1 Å². The van der Waals surface area contributed by atoms with Crippen molar-refractivity contribution in [3.8, 4) is 0 Å². The Balaban J connectivity index is 1.69. The molecule has 0 radical (unpaired) electrons.